The Bertz CT molecular complexity index is 426. The number of aliphatic imine (C=N–C) groups is 1. The van der Waals surface area contributed by atoms with Gasteiger partial charge in [0.1, 0.15) is 5.82 Å². The number of rotatable bonds is 6. The van der Waals surface area contributed by atoms with Crippen LogP contribution in [0.15, 0.2) is 27.7 Å². The second-order valence-corrected chi connectivity index (χ2v) is 4.65. The summed E-state index contributed by atoms with van der Waals surface area (Å²) in [4.78, 5) is 4.08. The fourth-order valence-corrected chi connectivity index (χ4v) is 1.69. The molecule has 0 fully saturated rings. The summed E-state index contributed by atoms with van der Waals surface area (Å²) in [6, 6.07) is 5.04. The molecular formula is C13H19BrFN3O. The second kappa shape index (κ2) is 8.87. The molecule has 0 aliphatic heterocycles. The van der Waals surface area contributed by atoms with Crippen molar-refractivity contribution in [3.05, 3.63) is 34.1 Å². The minimum absolute atomic E-state index is 0.265. The Balaban J connectivity index is 2.38. The average Bonchev–Trinajstić information content (AvgIpc) is 2.42. The molecule has 0 heterocycles. The standard InChI is InChI=1S/C13H19BrFN3O/c1-3-19-7-6-17-13(16-2)18-9-10-4-5-11(14)12(15)8-10/h4-5,8H,3,6-7,9H2,1-2H3,(H2,16,17,18). The zero-order valence-electron chi connectivity index (χ0n) is 11.2. The normalized spacial score (nSPS) is 11.5. The van der Waals surface area contributed by atoms with E-state index in [-0.39, 0.29) is 5.82 Å². The van der Waals surface area contributed by atoms with E-state index in [4.69, 9.17) is 4.74 Å². The molecule has 2 N–H and O–H groups in total. The van der Waals surface area contributed by atoms with Gasteiger partial charge in [-0.25, -0.2) is 4.39 Å². The Morgan fingerprint density at radius 2 is 2.21 bits per heavy atom. The van der Waals surface area contributed by atoms with Crippen LogP contribution in [0.5, 0.6) is 0 Å². The fraction of sp³-hybridized carbons (Fsp3) is 0.462. The van der Waals surface area contributed by atoms with Gasteiger partial charge in [0, 0.05) is 26.7 Å². The SMILES string of the molecule is CCOCCNC(=NC)NCc1ccc(Br)c(F)c1. The number of hydrogen-bond donors (Lipinski definition) is 2. The molecular weight excluding hydrogens is 313 g/mol. The van der Waals surface area contributed by atoms with Crippen molar-refractivity contribution in [2.24, 2.45) is 4.99 Å². The summed E-state index contributed by atoms with van der Waals surface area (Å²) in [5, 5.41) is 6.22. The average molecular weight is 332 g/mol. The molecule has 6 heteroatoms. The summed E-state index contributed by atoms with van der Waals surface area (Å²) >= 11 is 3.13. The van der Waals surface area contributed by atoms with Crippen molar-refractivity contribution in [3.63, 3.8) is 0 Å². The monoisotopic (exact) mass is 331 g/mol. The van der Waals surface area contributed by atoms with Crippen LogP contribution < -0.4 is 10.6 Å². The third-order valence-corrected chi connectivity index (χ3v) is 3.05. The van der Waals surface area contributed by atoms with Crippen molar-refractivity contribution < 1.29 is 9.13 Å². The molecule has 0 unspecified atom stereocenters. The van der Waals surface area contributed by atoms with Crippen molar-refractivity contribution in [2.75, 3.05) is 26.8 Å². The maximum Gasteiger partial charge on any atom is 0.191 e. The van der Waals surface area contributed by atoms with Crippen LogP contribution in [-0.2, 0) is 11.3 Å². The van der Waals surface area contributed by atoms with Crippen molar-refractivity contribution in [2.45, 2.75) is 13.5 Å². The van der Waals surface area contributed by atoms with E-state index in [9.17, 15) is 4.39 Å². The smallest absolute Gasteiger partial charge is 0.191 e. The Labute approximate surface area is 121 Å². The first-order chi connectivity index (χ1) is 9.17. The zero-order chi connectivity index (χ0) is 14.1. The predicted molar refractivity (Wildman–Crippen MR) is 78.8 cm³/mol. The number of nitrogens with zero attached hydrogens (tertiary/aromatic N) is 1. The van der Waals surface area contributed by atoms with E-state index in [1.54, 1.807) is 13.1 Å². The highest BCUT2D eigenvalue weighted by Gasteiger charge is 2.02. The van der Waals surface area contributed by atoms with Gasteiger partial charge >= 0.3 is 0 Å². The lowest BCUT2D eigenvalue weighted by Crippen LogP contribution is -2.38. The van der Waals surface area contributed by atoms with Crippen molar-refractivity contribution >= 4 is 21.9 Å². The van der Waals surface area contributed by atoms with Gasteiger partial charge in [-0.1, -0.05) is 6.07 Å². The van der Waals surface area contributed by atoms with E-state index in [0.29, 0.717) is 36.7 Å². The first-order valence-corrected chi connectivity index (χ1v) is 6.92. The van der Waals surface area contributed by atoms with Gasteiger partial charge in [-0.05, 0) is 40.5 Å². The lowest BCUT2D eigenvalue weighted by molar-refractivity contribution is 0.152. The van der Waals surface area contributed by atoms with Crippen LogP contribution in [0.2, 0.25) is 0 Å². The minimum atomic E-state index is -0.265. The summed E-state index contributed by atoms with van der Waals surface area (Å²) in [5.74, 6) is 0.404. The van der Waals surface area contributed by atoms with Crippen molar-refractivity contribution in [1.82, 2.24) is 10.6 Å². The quantitative estimate of drug-likeness (QED) is 0.477. The van der Waals surface area contributed by atoms with Crippen molar-refractivity contribution in [3.8, 4) is 0 Å². The number of nitrogens with one attached hydrogen (secondary N) is 2. The van der Waals surface area contributed by atoms with E-state index >= 15 is 0 Å². The predicted octanol–water partition coefficient (Wildman–Crippen LogP) is 2.29. The molecule has 106 valence electrons. The van der Waals surface area contributed by atoms with Crippen LogP contribution in [-0.4, -0.2) is 32.8 Å². The summed E-state index contributed by atoms with van der Waals surface area (Å²) in [6.45, 7) is 4.48. The van der Waals surface area contributed by atoms with E-state index in [1.807, 2.05) is 13.0 Å². The highest BCUT2D eigenvalue weighted by Crippen LogP contribution is 2.16. The molecule has 0 spiro atoms. The highest BCUT2D eigenvalue weighted by molar-refractivity contribution is 9.10. The molecule has 0 bridgehead atoms. The lowest BCUT2D eigenvalue weighted by atomic mass is 10.2. The molecule has 0 radical (unpaired) electrons. The van der Waals surface area contributed by atoms with Crippen LogP contribution in [0, 0.1) is 5.82 Å². The van der Waals surface area contributed by atoms with Crippen LogP contribution in [0.1, 0.15) is 12.5 Å². The van der Waals surface area contributed by atoms with Crippen molar-refractivity contribution in [1.29, 1.82) is 0 Å². The molecule has 0 saturated carbocycles. The largest absolute Gasteiger partial charge is 0.380 e. The maximum absolute atomic E-state index is 13.3. The Kier molecular flexibility index (Phi) is 7.43. The topological polar surface area (TPSA) is 45.6 Å². The lowest BCUT2D eigenvalue weighted by Gasteiger charge is -2.12. The van der Waals surface area contributed by atoms with Gasteiger partial charge in [0.15, 0.2) is 5.96 Å². The van der Waals surface area contributed by atoms with Crippen LogP contribution in [0.25, 0.3) is 0 Å². The highest BCUT2D eigenvalue weighted by atomic mass is 79.9. The summed E-state index contributed by atoms with van der Waals surface area (Å²) < 4.78 is 19.0. The Morgan fingerprint density at radius 3 is 2.84 bits per heavy atom. The third-order valence-electron chi connectivity index (χ3n) is 2.41. The van der Waals surface area contributed by atoms with Gasteiger partial charge < -0.3 is 15.4 Å². The summed E-state index contributed by atoms with van der Waals surface area (Å²) in [7, 11) is 1.69. The summed E-state index contributed by atoms with van der Waals surface area (Å²) in [5.41, 5.74) is 0.855. The number of ether oxygens (including phenoxy) is 1. The third kappa shape index (κ3) is 6.02. The first-order valence-electron chi connectivity index (χ1n) is 6.13. The molecule has 0 aliphatic carbocycles. The van der Waals surface area contributed by atoms with Gasteiger partial charge in [-0.15, -0.1) is 0 Å². The van der Waals surface area contributed by atoms with Gasteiger partial charge in [0.2, 0.25) is 0 Å². The van der Waals surface area contributed by atoms with Gasteiger partial charge in [0.25, 0.3) is 0 Å². The number of guanidine groups is 1. The molecule has 4 nitrogen and oxygen atoms in total. The molecule has 1 aromatic rings. The fourth-order valence-electron chi connectivity index (χ4n) is 1.44. The summed E-state index contributed by atoms with van der Waals surface area (Å²) in [6.07, 6.45) is 0. The minimum Gasteiger partial charge on any atom is -0.380 e. The maximum atomic E-state index is 13.3. The number of halogens is 2. The van der Waals surface area contributed by atoms with Crippen LogP contribution in [0.3, 0.4) is 0 Å². The molecule has 0 amide bonds. The molecule has 0 saturated heterocycles. The number of benzene rings is 1. The molecule has 0 aromatic heterocycles. The van der Waals surface area contributed by atoms with Gasteiger partial charge in [-0.3, -0.25) is 4.99 Å². The van der Waals surface area contributed by atoms with E-state index < -0.39 is 0 Å². The van der Waals surface area contributed by atoms with Crippen LogP contribution in [0.4, 0.5) is 4.39 Å². The number of hydrogen-bond acceptors (Lipinski definition) is 2. The van der Waals surface area contributed by atoms with E-state index in [0.717, 1.165) is 5.56 Å². The molecule has 0 aliphatic rings. The van der Waals surface area contributed by atoms with Gasteiger partial charge in [-0.2, -0.15) is 0 Å². The molecule has 1 rings (SSSR count). The Hall–Kier alpha value is -1.14. The van der Waals surface area contributed by atoms with E-state index in [1.165, 1.54) is 6.07 Å². The zero-order valence-corrected chi connectivity index (χ0v) is 12.8. The van der Waals surface area contributed by atoms with Crippen LogP contribution >= 0.6 is 15.9 Å². The molecule has 1 aromatic carbocycles. The first kappa shape index (κ1) is 15.9. The Morgan fingerprint density at radius 1 is 1.42 bits per heavy atom. The second-order valence-electron chi connectivity index (χ2n) is 3.80. The molecule has 0 atom stereocenters. The van der Waals surface area contributed by atoms with E-state index in [2.05, 4.69) is 31.6 Å². The van der Waals surface area contributed by atoms with Gasteiger partial charge in [0.05, 0.1) is 11.1 Å². The molecule has 19 heavy (non-hydrogen) atoms.